The summed E-state index contributed by atoms with van der Waals surface area (Å²) in [6.45, 7) is 0. The van der Waals surface area contributed by atoms with E-state index in [2.05, 4.69) is 18.2 Å². The van der Waals surface area contributed by atoms with Gasteiger partial charge < -0.3 is 0 Å². The fraction of sp³-hybridized carbons (Fsp3) is 0.667. The number of hydrogen-bond acceptors (Lipinski definition) is 0. The Kier molecular flexibility index (Phi) is 2.65. The monoisotopic (exact) mass is 161 g/mol. The van der Waals surface area contributed by atoms with Gasteiger partial charge in [0, 0.05) is 0 Å². The molecule has 65 valence electrons. The number of hydrogen-bond donors (Lipinski definition) is 0. The van der Waals surface area contributed by atoms with Crippen LogP contribution in [0, 0.1) is 12.0 Å². The molecular weight excluding hydrogens is 144 g/mol. The first-order valence-corrected chi connectivity index (χ1v) is 5.21. The molecule has 1 saturated carbocycles. The summed E-state index contributed by atoms with van der Waals surface area (Å²) < 4.78 is 0. The zero-order chi connectivity index (χ0) is 8.23. The minimum absolute atomic E-state index is 0.976. The van der Waals surface area contributed by atoms with Crippen LogP contribution in [-0.4, -0.2) is 0 Å². The lowest BCUT2D eigenvalue weighted by atomic mass is 9.85. The minimum Gasteiger partial charge on any atom is -0.0798 e. The maximum absolute atomic E-state index is 3.41. The van der Waals surface area contributed by atoms with Gasteiger partial charge in [-0.3, -0.25) is 0 Å². The lowest BCUT2D eigenvalue weighted by Gasteiger charge is -2.21. The van der Waals surface area contributed by atoms with Gasteiger partial charge in [0.25, 0.3) is 0 Å². The standard InChI is InChI=1S/C12H17/c1-2-6-11(7-3-1)10-12-8-4-5-9-12/h4,8,11H,1-3,5-7,10H2. The molecule has 2 aliphatic carbocycles. The van der Waals surface area contributed by atoms with Gasteiger partial charge in [-0.2, -0.15) is 0 Å². The van der Waals surface area contributed by atoms with E-state index < -0.39 is 0 Å². The lowest BCUT2D eigenvalue weighted by Crippen LogP contribution is -2.06. The maximum atomic E-state index is 3.41. The molecule has 0 heteroatoms. The predicted octanol–water partition coefficient (Wildman–Crippen LogP) is 3.65. The number of rotatable bonds is 2. The van der Waals surface area contributed by atoms with Crippen molar-refractivity contribution in [3.8, 4) is 0 Å². The van der Waals surface area contributed by atoms with E-state index in [1.807, 2.05) is 0 Å². The van der Waals surface area contributed by atoms with Crippen LogP contribution in [0.15, 0.2) is 17.7 Å². The lowest BCUT2D eigenvalue weighted by molar-refractivity contribution is 0.357. The van der Waals surface area contributed by atoms with E-state index >= 15 is 0 Å². The molecule has 0 aliphatic heterocycles. The summed E-state index contributed by atoms with van der Waals surface area (Å²) in [6, 6.07) is 0. The van der Waals surface area contributed by atoms with Crippen LogP contribution in [0.3, 0.4) is 0 Å². The third-order valence-electron chi connectivity index (χ3n) is 3.00. The molecule has 0 aromatic heterocycles. The first-order chi connectivity index (χ1) is 5.95. The summed E-state index contributed by atoms with van der Waals surface area (Å²) in [5.74, 6) is 0.976. The van der Waals surface area contributed by atoms with Crippen LogP contribution in [0.2, 0.25) is 0 Å². The van der Waals surface area contributed by atoms with Crippen LogP contribution in [0.5, 0.6) is 0 Å². The van der Waals surface area contributed by atoms with Crippen molar-refractivity contribution in [1.29, 1.82) is 0 Å². The van der Waals surface area contributed by atoms with Gasteiger partial charge in [0.2, 0.25) is 0 Å². The van der Waals surface area contributed by atoms with Gasteiger partial charge in [-0.1, -0.05) is 44.3 Å². The SMILES string of the molecule is [C]1=C(CC2CCCCC2)C=CC1. The first kappa shape index (κ1) is 8.10. The van der Waals surface area contributed by atoms with Crippen LogP contribution >= 0.6 is 0 Å². The zero-order valence-corrected chi connectivity index (χ0v) is 7.68. The summed E-state index contributed by atoms with van der Waals surface area (Å²) in [5, 5.41) is 0. The Morgan fingerprint density at radius 2 is 2.08 bits per heavy atom. The molecule has 12 heavy (non-hydrogen) atoms. The number of allylic oxidation sites excluding steroid dienone is 4. The fourth-order valence-corrected chi connectivity index (χ4v) is 2.29. The highest BCUT2D eigenvalue weighted by Crippen LogP contribution is 2.30. The summed E-state index contributed by atoms with van der Waals surface area (Å²) in [4.78, 5) is 0. The second-order valence-corrected chi connectivity index (χ2v) is 4.02. The van der Waals surface area contributed by atoms with E-state index in [1.54, 1.807) is 0 Å². The molecular formula is C12H17. The van der Waals surface area contributed by atoms with E-state index in [0.717, 1.165) is 12.3 Å². The highest BCUT2D eigenvalue weighted by molar-refractivity contribution is 5.22. The first-order valence-electron chi connectivity index (χ1n) is 5.21. The third-order valence-corrected chi connectivity index (χ3v) is 3.00. The minimum atomic E-state index is 0.976. The van der Waals surface area contributed by atoms with Crippen molar-refractivity contribution in [3.63, 3.8) is 0 Å². The van der Waals surface area contributed by atoms with Crippen LogP contribution in [0.1, 0.15) is 44.9 Å². The summed E-state index contributed by atoms with van der Waals surface area (Å²) in [6.07, 6.45) is 17.6. The van der Waals surface area contributed by atoms with E-state index in [0.29, 0.717) is 0 Å². The van der Waals surface area contributed by atoms with Gasteiger partial charge in [-0.05, 0) is 30.4 Å². The van der Waals surface area contributed by atoms with E-state index in [4.69, 9.17) is 0 Å². The Balaban J connectivity index is 1.81. The van der Waals surface area contributed by atoms with Crippen LogP contribution < -0.4 is 0 Å². The summed E-state index contributed by atoms with van der Waals surface area (Å²) >= 11 is 0. The van der Waals surface area contributed by atoms with Crippen molar-refractivity contribution in [2.24, 2.45) is 5.92 Å². The van der Waals surface area contributed by atoms with Crippen molar-refractivity contribution in [1.82, 2.24) is 0 Å². The Morgan fingerprint density at radius 1 is 1.25 bits per heavy atom. The molecule has 2 aliphatic rings. The molecule has 1 radical (unpaired) electrons. The van der Waals surface area contributed by atoms with Gasteiger partial charge in [0.15, 0.2) is 0 Å². The Labute approximate surface area is 75.4 Å². The maximum Gasteiger partial charge on any atom is -0.00885 e. The van der Waals surface area contributed by atoms with Crippen molar-refractivity contribution < 1.29 is 0 Å². The van der Waals surface area contributed by atoms with Gasteiger partial charge in [-0.25, -0.2) is 0 Å². The summed E-state index contributed by atoms with van der Waals surface area (Å²) in [7, 11) is 0. The smallest absolute Gasteiger partial charge is 0.00885 e. The Bertz CT molecular complexity index is 192. The van der Waals surface area contributed by atoms with Crippen LogP contribution in [0.4, 0.5) is 0 Å². The van der Waals surface area contributed by atoms with Gasteiger partial charge in [-0.15, -0.1) is 0 Å². The van der Waals surface area contributed by atoms with Gasteiger partial charge in [0.05, 0.1) is 0 Å². The molecule has 0 heterocycles. The second-order valence-electron chi connectivity index (χ2n) is 4.02. The van der Waals surface area contributed by atoms with E-state index in [1.165, 1.54) is 44.1 Å². The molecule has 0 unspecified atom stereocenters. The van der Waals surface area contributed by atoms with Gasteiger partial charge >= 0.3 is 0 Å². The topological polar surface area (TPSA) is 0 Å². The van der Waals surface area contributed by atoms with E-state index in [-0.39, 0.29) is 0 Å². The van der Waals surface area contributed by atoms with Crippen LogP contribution in [0.25, 0.3) is 0 Å². The largest absolute Gasteiger partial charge is 0.0798 e. The molecule has 0 aromatic rings. The van der Waals surface area contributed by atoms with Crippen molar-refractivity contribution >= 4 is 0 Å². The molecule has 2 rings (SSSR count). The third kappa shape index (κ3) is 2.00. The van der Waals surface area contributed by atoms with Crippen LogP contribution in [-0.2, 0) is 0 Å². The van der Waals surface area contributed by atoms with Crippen molar-refractivity contribution in [3.05, 3.63) is 23.8 Å². The normalized spacial score (nSPS) is 24.5. The molecule has 0 aromatic carbocycles. The van der Waals surface area contributed by atoms with Crippen molar-refractivity contribution in [2.75, 3.05) is 0 Å². The molecule has 0 bridgehead atoms. The fourth-order valence-electron chi connectivity index (χ4n) is 2.29. The predicted molar refractivity (Wildman–Crippen MR) is 51.7 cm³/mol. The molecule has 0 atom stereocenters. The van der Waals surface area contributed by atoms with Crippen molar-refractivity contribution in [2.45, 2.75) is 44.9 Å². The highest BCUT2D eigenvalue weighted by Gasteiger charge is 2.14. The Hall–Kier alpha value is -0.520. The van der Waals surface area contributed by atoms with Gasteiger partial charge in [0.1, 0.15) is 0 Å². The molecule has 1 fully saturated rings. The molecule has 0 amide bonds. The average Bonchev–Trinajstić information content (AvgIpc) is 2.59. The second kappa shape index (κ2) is 3.93. The van der Waals surface area contributed by atoms with E-state index in [9.17, 15) is 0 Å². The zero-order valence-electron chi connectivity index (χ0n) is 7.68. The summed E-state index contributed by atoms with van der Waals surface area (Å²) in [5.41, 5.74) is 1.47. The quantitative estimate of drug-likeness (QED) is 0.580. The molecule has 0 nitrogen and oxygen atoms in total. The highest BCUT2D eigenvalue weighted by atomic mass is 14.2. The molecule has 0 N–H and O–H groups in total. The molecule has 0 spiro atoms. The molecule has 0 saturated heterocycles. The average molecular weight is 161 g/mol. The Morgan fingerprint density at radius 3 is 2.75 bits per heavy atom.